The van der Waals surface area contributed by atoms with Gasteiger partial charge in [-0.1, -0.05) is 35.9 Å². The molecule has 1 aliphatic rings. The number of nitrogens with two attached hydrogens (primary N) is 1. The van der Waals surface area contributed by atoms with Crippen molar-refractivity contribution < 1.29 is 4.79 Å². The Morgan fingerprint density at radius 3 is 2.81 bits per heavy atom. The summed E-state index contributed by atoms with van der Waals surface area (Å²) in [6.45, 7) is 2.69. The molecular weight excluding hydrogens is 284 g/mol. The predicted octanol–water partition coefficient (Wildman–Crippen LogP) is 2.98. The van der Waals surface area contributed by atoms with Gasteiger partial charge in [0.15, 0.2) is 0 Å². The van der Waals surface area contributed by atoms with E-state index >= 15 is 0 Å². The number of hydrogen-bond donors (Lipinski definition) is 2. The van der Waals surface area contributed by atoms with Gasteiger partial charge in [0, 0.05) is 17.1 Å². The molecule has 1 atom stereocenters. The molecule has 0 spiro atoms. The van der Waals surface area contributed by atoms with Crippen LogP contribution < -0.4 is 11.1 Å². The van der Waals surface area contributed by atoms with Gasteiger partial charge in [-0.05, 0) is 47.7 Å². The molecule has 0 radical (unpaired) electrons. The molecule has 0 fully saturated rings. The summed E-state index contributed by atoms with van der Waals surface area (Å²) < 4.78 is 0. The standard InChI is InChI=1S/C17H17ClN2O/c1-10-2-5-13(15(18)8-10)16(19)12-4-3-11-6-7-20-17(21)14(11)9-12/h2-5,8-9,16H,6-7,19H2,1H3,(H,20,21). The van der Waals surface area contributed by atoms with Crippen molar-refractivity contribution in [3.63, 3.8) is 0 Å². The van der Waals surface area contributed by atoms with Crippen LogP contribution in [0.15, 0.2) is 36.4 Å². The van der Waals surface area contributed by atoms with Crippen molar-refractivity contribution in [1.29, 1.82) is 0 Å². The van der Waals surface area contributed by atoms with E-state index in [-0.39, 0.29) is 11.9 Å². The number of carbonyl (C=O) groups is 1. The molecule has 2 aromatic carbocycles. The lowest BCUT2D eigenvalue weighted by Gasteiger charge is -2.20. The van der Waals surface area contributed by atoms with Crippen LogP contribution in [0.25, 0.3) is 0 Å². The van der Waals surface area contributed by atoms with Gasteiger partial charge in [-0.3, -0.25) is 4.79 Å². The molecule has 3 N–H and O–H groups in total. The molecule has 21 heavy (non-hydrogen) atoms. The molecule has 4 heteroatoms. The van der Waals surface area contributed by atoms with Gasteiger partial charge in [-0.2, -0.15) is 0 Å². The van der Waals surface area contributed by atoms with E-state index in [0.717, 1.165) is 34.2 Å². The maximum Gasteiger partial charge on any atom is 0.251 e. The number of nitrogens with one attached hydrogen (secondary N) is 1. The first-order valence-corrected chi connectivity index (χ1v) is 7.36. The van der Waals surface area contributed by atoms with Crippen molar-refractivity contribution in [3.05, 3.63) is 69.2 Å². The Morgan fingerprint density at radius 1 is 1.24 bits per heavy atom. The average Bonchev–Trinajstić information content (AvgIpc) is 2.47. The Balaban J connectivity index is 2.00. The lowest BCUT2D eigenvalue weighted by Crippen LogP contribution is -2.32. The first-order valence-electron chi connectivity index (χ1n) is 6.99. The Bertz CT molecular complexity index is 712. The molecule has 1 unspecified atom stereocenters. The summed E-state index contributed by atoms with van der Waals surface area (Å²) in [5, 5.41) is 3.51. The quantitative estimate of drug-likeness (QED) is 0.896. The van der Waals surface area contributed by atoms with Crippen molar-refractivity contribution in [2.24, 2.45) is 5.73 Å². The summed E-state index contributed by atoms with van der Waals surface area (Å²) in [7, 11) is 0. The van der Waals surface area contributed by atoms with Crippen molar-refractivity contribution >= 4 is 17.5 Å². The van der Waals surface area contributed by atoms with Crippen LogP contribution in [0.5, 0.6) is 0 Å². The minimum atomic E-state index is -0.335. The number of hydrogen-bond acceptors (Lipinski definition) is 2. The highest BCUT2D eigenvalue weighted by atomic mass is 35.5. The minimum Gasteiger partial charge on any atom is -0.352 e. The van der Waals surface area contributed by atoms with E-state index in [0.29, 0.717) is 11.6 Å². The number of fused-ring (bicyclic) bond motifs is 1. The number of rotatable bonds is 2. The van der Waals surface area contributed by atoms with Gasteiger partial charge in [0.2, 0.25) is 0 Å². The summed E-state index contributed by atoms with van der Waals surface area (Å²) in [5.74, 6) is -0.0275. The third-order valence-corrected chi connectivity index (χ3v) is 4.24. The van der Waals surface area contributed by atoms with Crippen molar-refractivity contribution in [3.8, 4) is 0 Å². The Hall–Kier alpha value is -1.84. The fourth-order valence-corrected chi connectivity index (χ4v) is 3.04. The fourth-order valence-electron chi connectivity index (χ4n) is 2.69. The zero-order valence-electron chi connectivity index (χ0n) is 11.8. The van der Waals surface area contributed by atoms with E-state index < -0.39 is 0 Å². The topological polar surface area (TPSA) is 55.1 Å². The first-order chi connectivity index (χ1) is 10.1. The van der Waals surface area contributed by atoms with Crippen LogP contribution in [0, 0.1) is 6.92 Å². The largest absolute Gasteiger partial charge is 0.352 e. The Labute approximate surface area is 129 Å². The van der Waals surface area contributed by atoms with Crippen LogP contribution in [0.1, 0.15) is 38.7 Å². The molecule has 0 saturated heterocycles. The molecule has 1 heterocycles. The fraction of sp³-hybridized carbons (Fsp3) is 0.235. The van der Waals surface area contributed by atoms with E-state index in [9.17, 15) is 4.79 Å². The van der Waals surface area contributed by atoms with Gasteiger partial charge in [-0.25, -0.2) is 0 Å². The number of amides is 1. The van der Waals surface area contributed by atoms with Gasteiger partial charge < -0.3 is 11.1 Å². The van der Waals surface area contributed by atoms with Crippen molar-refractivity contribution in [2.75, 3.05) is 6.54 Å². The second-order valence-corrected chi connectivity index (χ2v) is 5.83. The first kappa shape index (κ1) is 14.1. The van der Waals surface area contributed by atoms with Crippen LogP contribution >= 0.6 is 11.6 Å². The van der Waals surface area contributed by atoms with E-state index in [1.54, 1.807) is 0 Å². The van der Waals surface area contributed by atoms with Gasteiger partial charge in [0.25, 0.3) is 5.91 Å². The van der Waals surface area contributed by atoms with Gasteiger partial charge >= 0.3 is 0 Å². The number of halogens is 1. The van der Waals surface area contributed by atoms with Crippen LogP contribution in [0.3, 0.4) is 0 Å². The van der Waals surface area contributed by atoms with Gasteiger partial charge in [0.05, 0.1) is 6.04 Å². The second kappa shape index (κ2) is 5.51. The van der Waals surface area contributed by atoms with Gasteiger partial charge in [-0.15, -0.1) is 0 Å². The second-order valence-electron chi connectivity index (χ2n) is 5.43. The number of benzene rings is 2. The normalized spacial score (nSPS) is 15.3. The molecule has 3 rings (SSSR count). The smallest absolute Gasteiger partial charge is 0.251 e. The van der Waals surface area contributed by atoms with Crippen LogP contribution in [-0.2, 0) is 6.42 Å². The van der Waals surface area contributed by atoms with Crippen molar-refractivity contribution in [1.82, 2.24) is 5.32 Å². The van der Waals surface area contributed by atoms with E-state index in [4.69, 9.17) is 17.3 Å². The summed E-state index contributed by atoms with van der Waals surface area (Å²) in [6, 6.07) is 11.4. The maximum atomic E-state index is 11.9. The highest BCUT2D eigenvalue weighted by Gasteiger charge is 2.19. The Kier molecular flexibility index (Phi) is 3.70. The summed E-state index contributed by atoms with van der Waals surface area (Å²) in [4.78, 5) is 11.9. The maximum absolute atomic E-state index is 11.9. The highest BCUT2D eigenvalue weighted by Crippen LogP contribution is 2.29. The Morgan fingerprint density at radius 2 is 2.05 bits per heavy atom. The predicted molar refractivity (Wildman–Crippen MR) is 84.7 cm³/mol. The zero-order chi connectivity index (χ0) is 15.0. The lowest BCUT2D eigenvalue weighted by molar-refractivity contribution is 0.0946. The van der Waals surface area contributed by atoms with E-state index in [1.807, 2.05) is 43.3 Å². The highest BCUT2D eigenvalue weighted by molar-refractivity contribution is 6.31. The molecule has 2 aromatic rings. The molecular formula is C17H17ClN2O. The molecule has 1 amide bonds. The molecule has 3 nitrogen and oxygen atoms in total. The molecule has 0 bridgehead atoms. The molecule has 0 saturated carbocycles. The number of carbonyl (C=O) groups excluding carboxylic acids is 1. The lowest BCUT2D eigenvalue weighted by atomic mass is 9.92. The van der Waals surface area contributed by atoms with E-state index in [2.05, 4.69) is 5.32 Å². The van der Waals surface area contributed by atoms with Crippen LogP contribution in [0.2, 0.25) is 5.02 Å². The molecule has 108 valence electrons. The van der Waals surface area contributed by atoms with E-state index in [1.165, 1.54) is 0 Å². The van der Waals surface area contributed by atoms with Crippen molar-refractivity contribution in [2.45, 2.75) is 19.4 Å². The third-order valence-electron chi connectivity index (χ3n) is 3.91. The number of aryl methyl sites for hydroxylation is 1. The third kappa shape index (κ3) is 2.67. The minimum absolute atomic E-state index is 0.0275. The summed E-state index contributed by atoms with van der Waals surface area (Å²) >= 11 is 6.29. The summed E-state index contributed by atoms with van der Waals surface area (Å²) in [5.41, 5.74) is 11.0. The average molecular weight is 301 g/mol. The summed E-state index contributed by atoms with van der Waals surface area (Å²) in [6.07, 6.45) is 0.863. The molecule has 0 aliphatic carbocycles. The molecule has 0 aromatic heterocycles. The monoisotopic (exact) mass is 300 g/mol. The molecule has 1 aliphatic heterocycles. The zero-order valence-corrected chi connectivity index (χ0v) is 12.6. The van der Waals surface area contributed by atoms with Crippen LogP contribution in [0.4, 0.5) is 0 Å². The van der Waals surface area contributed by atoms with Crippen LogP contribution in [-0.4, -0.2) is 12.5 Å². The van der Waals surface area contributed by atoms with Gasteiger partial charge in [0.1, 0.15) is 0 Å². The SMILES string of the molecule is Cc1ccc(C(N)c2ccc3c(c2)C(=O)NCC3)c(Cl)c1.